The highest BCUT2D eigenvalue weighted by atomic mass is 16.5. The zero-order valence-corrected chi connectivity index (χ0v) is 14.7. The molecule has 0 aliphatic rings. The van der Waals surface area contributed by atoms with Crippen molar-refractivity contribution in [1.82, 2.24) is 19.5 Å². The van der Waals surface area contributed by atoms with Crippen molar-refractivity contribution < 1.29 is 4.74 Å². The third-order valence-electron chi connectivity index (χ3n) is 4.05. The number of para-hydroxylation sites is 2. The van der Waals surface area contributed by atoms with Gasteiger partial charge in [0.25, 0.3) is 0 Å². The molecule has 2 aromatic carbocycles. The van der Waals surface area contributed by atoms with E-state index in [9.17, 15) is 0 Å². The van der Waals surface area contributed by atoms with Crippen LogP contribution < -0.4 is 15.8 Å². The lowest BCUT2D eigenvalue weighted by Gasteiger charge is -2.10. The molecule has 7 heteroatoms. The lowest BCUT2D eigenvalue weighted by Crippen LogP contribution is -2.06. The highest BCUT2D eigenvalue weighted by Gasteiger charge is 2.07. The average Bonchev–Trinajstić information content (AvgIpc) is 3.13. The van der Waals surface area contributed by atoms with Crippen molar-refractivity contribution in [2.24, 2.45) is 5.73 Å². The normalized spacial score (nSPS) is 10.9. The molecule has 0 aliphatic heterocycles. The number of benzene rings is 2. The summed E-state index contributed by atoms with van der Waals surface area (Å²) < 4.78 is 7.62. The molecule has 0 radical (unpaired) electrons. The number of anilines is 2. The Hall–Kier alpha value is -3.45. The number of ether oxygens (including phenoxy) is 1. The van der Waals surface area contributed by atoms with Crippen LogP contribution in [0, 0.1) is 0 Å². The fourth-order valence-corrected chi connectivity index (χ4v) is 2.75. The van der Waals surface area contributed by atoms with Gasteiger partial charge in [-0.2, -0.15) is 4.98 Å². The highest BCUT2D eigenvalue weighted by molar-refractivity contribution is 5.76. The van der Waals surface area contributed by atoms with Crippen LogP contribution in [0.1, 0.15) is 6.42 Å². The van der Waals surface area contributed by atoms with Gasteiger partial charge in [-0.3, -0.25) is 4.57 Å². The van der Waals surface area contributed by atoms with Gasteiger partial charge in [-0.15, -0.1) is 0 Å². The Labute approximate surface area is 156 Å². The molecule has 4 aromatic rings. The number of fused-ring (bicyclic) bond motifs is 1. The molecule has 0 unspecified atom stereocenters. The van der Waals surface area contributed by atoms with Crippen molar-refractivity contribution >= 4 is 22.7 Å². The zero-order chi connectivity index (χ0) is 18.5. The maximum atomic E-state index is 5.68. The monoisotopic (exact) mass is 360 g/mol. The van der Waals surface area contributed by atoms with Gasteiger partial charge in [-0.25, -0.2) is 9.97 Å². The van der Waals surface area contributed by atoms with E-state index in [-0.39, 0.29) is 0 Å². The van der Waals surface area contributed by atoms with Crippen molar-refractivity contribution in [1.29, 1.82) is 0 Å². The fraction of sp³-hybridized carbons (Fsp3) is 0.150. The van der Waals surface area contributed by atoms with E-state index >= 15 is 0 Å². The number of hydrogen-bond donors (Lipinski definition) is 2. The molecule has 0 saturated carbocycles. The molecule has 0 atom stereocenters. The van der Waals surface area contributed by atoms with Crippen LogP contribution in [0.2, 0.25) is 0 Å². The second-order valence-electron chi connectivity index (χ2n) is 5.99. The van der Waals surface area contributed by atoms with Gasteiger partial charge in [-0.1, -0.05) is 18.2 Å². The number of nitrogens with one attached hydrogen (secondary N) is 1. The minimum absolute atomic E-state index is 0.504. The summed E-state index contributed by atoms with van der Waals surface area (Å²) in [7, 11) is 0. The van der Waals surface area contributed by atoms with E-state index in [4.69, 9.17) is 10.5 Å². The number of nitrogens with zero attached hydrogens (tertiary/aromatic N) is 4. The van der Waals surface area contributed by atoms with Crippen LogP contribution in [-0.2, 0) is 0 Å². The van der Waals surface area contributed by atoms with Gasteiger partial charge in [-0.05, 0) is 43.3 Å². The summed E-state index contributed by atoms with van der Waals surface area (Å²) in [6.07, 6.45) is 4.31. The van der Waals surface area contributed by atoms with Gasteiger partial charge in [0.2, 0.25) is 5.95 Å². The second-order valence-corrected chi connectivity index (χ2v) is 5.99. The zero-order valence-electron chi connectivity index (χ0n) is 14.7. The van der Waals surface area contributed by atoms with Crippen LogP contribution in [0.5, 0.6) is 5.75 Å². The summed E-state index contributed by atoms with van der Waals surface area (Å²) in [6, 6.07) is 17.5. The van der Waals surface area contributed by atoms with Crippen LogP contribution in [0.4, 0.5) is 11.6 Å². The van der Waals surface area contributed by atoms with Gasteiger partial charge in [0.05, 0.1) is 17.6 Å². The Balaban J connectivity index is 1.56. The summed E-state index contributed by atoms with van der Waals surface area (Å²) in [5.41, 5.74) is 8.27. The molecule has 0 bridgehead atoms. The molecule has 3 N–H and O–H groups in total. The number of rotatable bonds is 7. The van der Waals surface area contributed by atoms with Crippen molar-refractivity contribution in [3.8, 4) is 11.6 Å². The molecule has 2 aromatic heterocycles. The molecule has 0 aliphatic carbocycles. The third-order valence-corrected chi connectivity index (χ3v) is 4.05. The molecule has 0 fully saturated rings. The van der Waals surface area contributed by atoms with E-state index in [1.807, 2.05) is 59.2 Å². The smallest absolute Gasteiger partial charge is 0.229 e. The molecule has 27 heavy (non-hydrogen) atoms. The molecule has 4 rings (SSSR count). The van der Waals surface area contributed by atoms with Crippen LogP contribution >= 0.6 is 0 Å². The predicted octanol–water partition coefficient (Wildman–Crippen LogP) is 3.29. The number of nitrogens with two attached hydrogens (primary N) is 1. The lowest BCUT2D eigenvalue weighted by molar-refractivity contribution is 0.313. The van der Waals surface area contributed by atoms with Crippen molar-refractivity contribution in [2.75, 3.05) is 18.5 Å². The van der Waals surface area contributed by atoms with E-state index in [1.165, 1.54) is 0 Å². The molecular weight excluding hydrogens is 340 g/mol. The Morgan fingerprint density at radius 1 is 1.04 bits per heavy atom. The first-order chi connectivity index (χ1) is 13.3. The summed E-state index contributed by atoms with van der Waals surface area (Å²) in [4.78, 5) is 13.3. The first kappa shape index (κ1) is 17.0. The van der Waals surface area contributed by atoms with Gasteiger partial charge >= 0.3 is 0 Å². The average molecular weight is 360 g/mol. The van der Waals surface area contributed by atoms with E-state index in [0.29, 0.717) is 19.1 Å². The fourth-order valence-electron chi connectivity index (χ4n) is 2.75. The quantitative estimate of drug-likeness (QED) is 0.492. The third kappa shape index (κ3) is 3.88. The van der Waals surface area contributed by atoms with Gasteiger partial charge in [0.1, 0.15) is 17.9 Å². The van der Waals surface area contributed by atoms with Crippen molar-refractivity contribution in [3.63, 3.8) is 0 Å². The van der Waals surface area contributed by atoms with Crippen LogP contribution in [0.3, 0.4) is 0 Å². The summed E-state index contributed by atoms with van der Waals surface area (Å²) in [6.45, 7) is 1.21. The molecule has 0 spiro atoms. The Morgan fingerprint density at radius 3 is 2.89 bits per heavy atom. The summed E-state index contributed by atoms with van der Waals surface area (Å²) >= 11 is 0. The molecule has 0 amide bonds. The maximum absolute atomic E-state index is 5.68. The minimum Gasteiger partial charge on any atom is -0.493 e. The Morgan fingerprint density at radius 2 is 1.96 bits per heavy atom. The summed E-state index contributed by atoms with van der Waals surface area (Å²) in [5.74, 6) is 2.03. The lowest BCUT2D eigenvalue weighted by atomic mass is 10.3. The number of aromatic nitrogens is 4. The second kappa shape index (κ2) is 7.84. The highest BCUT2D eigenvalue weighted by Crippen LogP contribution is 2.21. The van der Waals surface area contributed by atoms with Gasteiger partial charge < -0.3 is 15.8 Å². The molecule has 0 saturated heterocycles. The van der Waals surface area contributed by atoms with Gasteiger partial charge in [0.15, 0.2) is 0 Å². The van der Waals surface area contributed by atoms with Crippen LogP contribution in [0.15, 0.2) is 67.1 Å². The van der Waals surface area contributed by atoms with E-state index < -0.39 is 0 Å². The van der Waals surface area contributed by atoms with Gasteiger partial charge in [0, 0.05) is 18.0 Å². The number of hydrogen-bond acceptors (Lipinski definition) is 6. The summed E-state index contributed by atoms with van der Waals surface area (Å²) in [5, 5.41) is 3.22. The predicted molar refractivity (Wildman–Crippen MR) is 106 cm³/mol. The largest absolute Gasteiger partial charge is 0.493 e. The van der Waals surface area contributed by atoms with Crippen molar-refractivity contribution in [2.45, 2.75) is 6.42 Å². The SMILES string of the molecule is NCCCOc1cccc(Nc2nccc(-n3cnc4ccccc43)n2)c1. The first-order valence-electron chi connectivity index (χ1n) is 8.79. The Kier molecular flexibility index (Phi) is 4.93. The molecular formula is C20H20N6O. The van der Waals surface area contributed by atoms with Crippen LogP contribution in [0.25, 0.3) is 16.9 Å². The molecule has 2 heterocycles. The molecule has 136 valence electrons. The van der Waals surface area contributed by atoms with E-state index in [0.717, 1.165) is 34.7 Å². The first-order valence-corrected chi connectivity index (χ1v) is 8.79. The maximum Gasteiger partial charge on any atom is 0.229 e. The van der Waals surface area contributed by atoms with Crippen molar-refractivity contribution in [3.05, 3.63) is 67.1 Å². The standard InChI is InChI=1S/C20H20N6O/c21-10-4-12-27-16-6-3-5-15(13-16)24-20-22-11-9-19(25-20)26-14-23-17-7-1-2-8-18(17)26/h1-3,5-9,11,13-14H,4,10,12,21H2,(H,22,24,25). The Bertz CT molecular complexity index is 1050. The molecule has 7 nitrogen and oxygen atoms in total. The van der Waals surface area contributed by atoms with Crippen LogP contribution in [-0.4, -0.2) is 32.7 Å². The van der Waals surface area contributed by atoms with E-state index in [1.54, 1.807) is 12.5 Å². The topological polar surface area (TPSA) is 90.9 Å². The minimum atomic E-state index is 0.504. The number of imidazole rings is 1. The van der Waals surface area contributed by atoms with E-state index in [2.05, 4.69) is 20.3 Å².